The minimum absolute atomic E-state index is 0.0517. The Hall–Kier alpha value is -1.09. The first-order valence-electron chi connectivity index (χ1n) is 5.07. The molecule has 0 fully saturated rings. The molecule has 0 saturated heterocycles. The van der Waals surface area contributed by atoms with Crippen LogP contribution in [0.25, 0.3) is 0 Å². The maximum atomic E-state index is 12.2. The van der Waals surface area contributed by atoms with Gasteiger partial charge in [-0.2, -0.15) is 4.31 Å². The number of sulfonamides is 1. The Kier molecular flexibility index (Phi) is 4.94. The minimum Gasteiger partial charge on any atom is -0.244 e. The Bertz CT molecular complexity index is 523. The summed E-state index contributed by atoms with van der Waals surface area (Å²) in [6, 6.07) is 2.72. The van der Waals surface area contributed by atoms with Gasteiger partial charge >= 0.3 is 0 Å². The first-order chi connectivity index (χ1) is 8.02. The summed E-state index contributed by atoms with van der Waals surface area (Å²) in [7, 11) is -3.58. The van der Waals surface area contributed by atoms with Crippen LogP contribution in [0, 0.1) is 12.3 Å². The van der Waals surface area contributed by atoms with Crippen molar-refractivity contribution in [2.45, 2.75) is 18.2 Å². The summed E-state index contributed by atoms with van der Waals surface area (Å²) in [4.78, 5) is 3.86. The van der Waals surface area contributed by atoms with Crippen LogP contribution in [0.15, 0.2) is 23.2 Å². The molecule has 1 aromatic rings. The molecule has 0 aliphatic heterocycles. The van der Waals surface area contributed by atoms with Crippen molar-refractivity contribution in [3.05, 3.63) is 23.5 Å². The van der Waals surface area contributed by atoms with E-state index in [0.717, 1.165) is 0 Å². The monoisotopic (exact) mass is 272 g/mol. The summed E-state index contributed by atoms with van der Waals surface area (Å²) in [6.07, 6.45) is 7.22. The van der Waals surface area contributed by atoms with Crippen molar-refractivity contribution in [1.82, 2.24) is 9.29 Å². The standard InChI is InChI=1S/C11H13ClN2O2S/c1-3-7-14(8-4-2)17(15,16)10-5-6-13-11(12)9-10/h1,5-6,9H,4,7-8H2,2H3. The maximum absolute atomic E-state index is 12.2. The van der Waals surface area contributed by atoms with Gasteiger partial charge in [0.15, 0.2) is 0 Å². The Morgan fingerprint density at radius 1 is 1.59 bits per heavy atom. The van der Waals surface area contributed by atoms with Gasteiger partial charge in [0.2, 0.25) is 10.0 Å². The lowest BCUT2D eigenvalue weighted by Crippen LogP contribution is -2.32. The quantitative estimate of drug-likeness (QED) is 0.606. The van der Waals surface area contributed by atoms with Gasteiger partial charge in [0.05, 0.1) is 11.4 Å². The number of halogens is 1. The highest BCUT2D eigenvalue weighted by atomic mass is 35.5. The summed E-state index contributed by atoms with van der Waals surface area (Å²) < 4.78 is 25.7. The van der Waals surface area contributed by atoms with Crippen LogP contribution < -0.4 is 0 Å². The van der Waals surface area contributed by atoms with Crippen molar-refractivity contribution in [3.8, 4) is 12.3 Å². The van der Waals surface area contributed by atoms with Gasteiger partial charge < -0.3 is 0 Å². The number of nitrogens with zero attached hydrogens (tertiary/aromatic N) is 2. The molecule has 0 aliphatic carbocycles. The number of aromatic nitrogens is 1. The molecule has 0 atom stereocenters. The topological polar surface area (TPSA) is 50.3 Å². The average Bonchev–Trinajstić information content (AvgIpc) is 2.29. The predicted octanol–water partition coefficient (Wildman–Crippen LogP) is 1.77. The Balaban J connectivity index is 3.12. The molecular weight excluding hydrogens is 260 g/mol. The molecule has 4 nitrogen and oxygen atoms in total. The van der Waals surface area contributed by atoms with E-state index in [2.05, 4.69) is 10.9 Å². The molecule has 0 saturated carbocycles. The van der Waals surface area contributed by atoms with E-state index in [9.17, 15) is 8.42 Å². The van der Waals surface area contributed by atoms with Crippen molar-refractivity contribution < 1.29 is 8.42 Å². The second kappa shape index (κ2) is 6.01. The number of pyridine rings is 1. The fourth-order valence-electron chi connectivity index (χ4n) is 1.33. The van der Waals surface area contributed by atoms with Gasteiger partial charge in [0.1, 0.15) is 5.15 Å². The SMILES string of the molecule is C#CCN(CCC)S(=O)(=O)c1ccnc(Cl)c1. The highest BCUT2D eigenvalue weighted by Gasteiger charge is 2.23. The molecule has 0 aromatic carbocycles. The van der Waals surface area contributed by atoms with Crippen molar-refractivity contribution in [1.29, 1.82) is 0 Å². The zero-order chi connectivity index (χ0) is 12.9. The zero-order valence-corrected chi connectivity index (χ0v) is 11.0. The third-order valence-corrected chi connectivity index (χ3v) is 4.12. The van der Waals surface area contributed by atoms with Crippen LogP contribution >= 0.6 is 11.6 Å². The van der Waals surface area contributed by atoms with E-state index in [-0.39, 0.29) is 16.6 Å². The van der Waals surface area contributed by atoms with Gasteiger partial charge in [0, 0.05) is 12.7 Å². The predicted molar refractivity (Wildman–Crippen MR) is 67.1 cm³/mol. The summed E-state index contributed by atoms with van der Waals surface area (Å²) in [6.45, 7) is 2.32. The van der Waals surface area contributed by atoms with E-state index < -0.39 is 10.0 Å². The van der Waals surface area contributed by atoms with Crippen LogP contribution in [-0.4, -0.2) is 30.8 Å². The first-order valence-corrected chi connectivity index (χ1v) is 6.89. The van der Waals surface area contributed by atoms with Crippen LogP contribution in [0.3, 0.4) is 0 Å². The van der Waals surface area contributed by atoms with E-state index in [4.69, 9.17) is 18.0 Å². The molecule has 0 N–H and O–H groups in total. The minimum atomic E-state index is -3.58. The van der Waals surface area contributed by atoms with Crippen molar-refractivity contribution in [3.63, 3.8) is 0 Å². The van der Waals surface area contributed by atoms with Crippen LogP contribution in [0.4, 0.5) is 0 Å². The molecule has 0 radical (unpaired) electrons. The van der Waals surface area contributed by atoms with Crippen LogP contribution in [-0.2, 0) is 10.0 Å². The highest BCUT2D eigenvalue weighted by Crippen LogP contribution is 2.17. The smallest absolute Gasteiger partial charge is 0.244 e. The molecule has 1 heterocycles. The van der Waals surface area contributed by atoms with Crippen LogP contribution in [0.5, 0.6) is 0 Å². The average molecular weight is 273 g/mol. The molecule has 0 amide bonds. The van der Waals surface area contributed by atoms with E-state index >= 15 is 0 Å². The van der Waals surface area contributed by atoms with E-state index in [0.29, 0.717) is 13.0 Å². The number of terminal acetylenes is 1. The van der Waals surface area contributed by atoms with Gasteiger partial charge in [-0.05, 0) is 18.6 Å². The van der Waals surface area contributed by atoms with Crippen molar-refractivity contribution in [2.24, 2.45) is 0 Å². The second-order valence-corrected chi connectivity index (χ2v) is 5.68. The Morgan fingerprint density at radius 2 is 2.29 bits per heavy atom. The summed E-state index contributed by atoms with van der Waals surface area (Å²) >= 11 is 5.68. The fourth-order valence-corrected chi connectivity index (χ4v) is 3.03. The lowest BCUT2D eigenvalue weighted by molar-refractivity contribution is 0.445. The van der Waals surface area contributed by atoms with E-state index in [1.165, 1.54) is 22.6 Å². The zero-order valence-electron chi connectivity index (χ0n) is 9.43. The number of rotatable bonds is 5. The molecule has 0 unspecified atom stereocenters. The molecular formula is C11H13ClN2O2S. The Labute approximate surface area is 107 Å². The molecule has 6 heteroatoms. The molecule has 1 aromatic heterocycles. The van der Waals surface area contributed by atoms with E-state index in [1.54, 1.807) is 0 Å². The third kappa shape index (κ3) is 3.43. The van der Waals surface area contributed by atoms with Gasteiger partial charge in [-0.15, -0.1) is 6.42 Å². The van der Waals surface area contributed by atoms with Gasteiger partial charge in [-0.1, -0.05) is 24.4 Å². The molecule has 0 aliphatic rings. The highest BCUT2D eigenvalue weighted by molar-refractivity contribution is 7.89. The summed E-state index contributed by atoms with van der Waals surface area (Å²) in [5, 5.41) is 0.142. The lowest BCUT2D eigenvalue weighted by atomic mass is 10.5. The maximum Gasteiger partial charge on any atom is 0.244 e. The summed E-state index contributed by atoms with van der Waals surface area (Å²) in [5.74, 6) is 2.34. The molecule has 1 rings (SSSR count). The van der Waals surface area contributed by atoms with Gasteiger partial charge in [-0.3, -0.25) is 0 Å². The number of hydrogen-bond donors (Lipinski definition) is 0. The molecule has 0 spiro atoms. The van der Waals surface area contributed by atoms with Crippen LogP contribution in [0.2, 0.25) is 5.15 Å². The Morgan fingerprint density at radius 3 is 2.82 bits per heavy atom. The van der Waals surface area contributed by atoms with Crippen LogP contribution in [0.1, 0.15) is 13.3 Å². The second-order valence-electron chi connectivity index (χ2n) is 3.36. The number of hydrogen-bond acceptors (Lipinski definition) is 3. The molecule has 92 valence electrons. The largest absolute Gasteiger partial charge is 0.244 e. The van der Waals surface area contributed by atoms with Gasteiger partial charge in [0.25, 0.3) is 0 Å². The van der Waals surface area contributed by atoms with Crippen molar-refractivity contribution >= 4 is 21.6 Å². The first kappa shape index (κ1) is 14.0. The lowest BCUT2D eigenvalue weighted by Gasteiger charge is -2.18. The van der Waals surface area contributed by atoms with Gasteiger partial charge in [-0.25, -0.2) is 13.4 Å². The summed E-state index contributed by atoms with van der Waals surface area (Å²) in [5.41, 5.74) is 0. The molecule has 17 heavy (non-hydrogen) atoms. The van der Waals surface area contributed by atoms with E-state index in [1.807, 2.05) is 6.92 Å². The normalized spacial score (nSPS) is 11.4. The fraction of sp³-hybridized carbons (Fsp3) is 0.364. The molecule has 0 bridgehead atoms. The third-order valence-electron chi connectivity index (χ3n) is 2.08. The van der Waals surface area contributed by atoms with Crippen molar-refractivity contribution in [2.75, 3.05) is 13.1 Å².